The molecule has 4 bridgehead atoms. The summed E-state index contributed by atoms with van der Waals surface area (Å²) in [6, 6.07) is 7.82. The molecule has 8 aliphatic rings. The van der Waals surface area contributed by atoms with Crippen molar-refractivity contribution in [2.45, 2.75) is 124 Å². The smallest absolute Gasteiger partial charge is 0.504 e. The number of phenolic OH excluding ortho intramolecular Hbond substituents is 2. The summed E-state index contributed by atoms with van der Waals surface area (Å²) in [7, 11) is -7.66. The molecular formula is C42H56B2F8N4O10-2. The maximum absolute atomic E-state index is 11.2. The Morgan fingerprint density at radius 2 is 1.02 bits per heavy atom. The SMILES string of the molecule is CCO[C@@]12CC[C@H](NCC(=O)O)[C@@H]3Oc4c(O)ccc5c4[C@@]31CCN(C)[C@@H]2C5.CCO[C@@]12CC[C@H](NCC(=O)O)[C@@H]3Oc4c(O)ccc5c4[C@@]31CCN(C)[C@@H]2C5.F[B-](F)(F)F.F[B-](F)(F)F. The molecule has 4 aliphatic heterocycles. The first kappa shape index (κ1) is 49.8. The summed E-state index contributed by atoms with van der Waals surface area (Å²) >= 11 is 0. The molecule has 2 saturated heterocycles. The van der Waals surface area contributed by atoms with Gasteiger partial charge in [0.2, 0.25) is 0 Å². The van der Waals surface area contributed by atoms with Gasteiger partial charge in [0.15, 0.2) is 23.0 Å². The molecule has 4 heterocycles. The van der Waals surface area contributed by atoms with Crippen molar-refractivity contribution in [2.24, 2.45) is 0 Å². The molecule has 24 heteroatoms. The Morgan fingerprint density at radius 3 is 1.33 bits per heavy atom. The van der Waals surface area contributed by atoms with E-state index in [-0.39, 0.29) is 83.0 Å². The first-order chi connectivity index (χ1) is 30.9. The lowest BCUT2D eigenvalue weighted by Gasteiger charge is -2.65. The third-order valence-corrected chi connectivity index (χ3v) is 15.2. The third-order valence-electron chi connectivity index (χ3n) is 15.2. The lowest BCUT2D eigenvalue weighted by Crippen LogP contribution is -2.78. The minimum atomic E-state index is -6.00. The van der Waals surface area contributed by atoms with Crippen molar-refractivity contribution in [3.8, 4) is 23.0 Å². The number of carboxylic acids is 2. The highest BCUT2D eigenvalue weighted by molar-refractivity contribution is 6.50. The fourth-order valence-electron chi connectivity index (χ4n) is 13.4. The van der Waals surface area contributed by atoms with Crippen LogP contribution in [0.2, 0.25) is 0 Å². The number of carboxylic acid groups (broad SMARTS) is 2. The van der Waals surface area contributed by atoms with Crippen molar-refractivity contribution < 1.29 is 83.5 Å². The molecule has 4 aliphatic carbocycles. The van der Waals surface area contributed by atoms with Crippen LogP contribution in [0.3, 0.4) is 0 Å². The van der Waals surface area contributed by atoms with Crippen LogP contribution in [0.4, 0.5) is 34.5 Å². The van der Waals surface area contributed by atoms with Crippen LogP contribution in [-0.4, -0.2) is 158 Å². The Bertz CT molecular complexity index is 2000. The van der Waals surface area contributed by atoms with Gasteiger partial charge in [-0.3, -0.25) is 9.59 Å². The molecule has 4 fully saturated rings. The number of aromatic hydroxyl groups is 2. The molecule has 368 valence electrons. The Kier molecular flexibility index (Phi) is 13.7. The van der Waals surface area contributed by atoms with Gasteiger partial charge in [-0.1, -0.05) is 12.1 Å². The number of likely N-dealkylation sites (tertiary alicyclic amines) is 2. The summed E-state index contributed by atoms with van der Waals surface area (Å²) in [4.78, 5) is 27.2. The van der Waals surface area contributed by atoms with Gasteiger partial charge in [0.05, 0.1) is 35.1 Å². The topological polar surface area (TPSA) is 183 Å². The van der Waals surface area contributed by atoms with E-state index in [4.69, 9.17) is 18.9 Å². The predicted octanol–water partition coefficient (Wildman–Crippen LogP) is 5.13. The fourth-order valence-corrected chi connectivity index (χ4v) is 13.4. The first-order valence-corrected chi connectivity index (χ1v) is 22.3. The number of hydrogen-bond donors (Lipinski definition) is 6. The first-order valence-electron chi connectivity index (χ1n) is 22.3. The van der Waals surface area contributed by atoms with Gasteiger partial charge in [-0.05, 0) is 116 Å². The van der Waals surface area contributed by atoms with Gasteiger partial charge >= 0.3 is 26.4 Å². The van der Waals surface area contributed by atoms with Gasteiger partial charge in [0.25, 0.3) is 0 Å². The van der Waals surface area contributed by atoms with Crippen molar-refractivity contribution in [1.29, 1.82) is 0 Å². The summed E-state index contributed by atoms with van der Waals surface area (Å²) in [5.41, 5.74) is 3.17. The second-order valence-corrected chi connectivity index (χ2v) is 18.3. The van der Waals surface area contributed by atoms with Crippen LogP contribution in [0.25, 0.3) is 0 Å². The van der Waals surface area contributed by atoms with Crippen LogP contribution in [0.15, 0.2) is 24.3 Å². The molecule has 0 amide bonds. The number of piperidine rings is 2. The Balaban J connectivity index is 0.000000163. The molecule has 14 nitrogen and oxygen atoms in total. The number of rotatable bonds is 10. The molecule has 0 aromatic heterocycles. The van der Waals surface area contributed by atoms with Crippen LogP contribution >= 0.6 is 0 Å². The number of phenols is 2. The van der Waals surface area contributed by atoms with Crippen molar-refractivity contribution >= 4 is 26.4 Å². The maximum Gasteiger partial charge on any atom is 0.673 e. The lowest BCUT2D eigenvalue weighted by molar-refractivity contribution is -0.214. The van der Waals surface area contributed by atoms with E-state index in [1.54, 1.807) is 12.1 Å². The van der Waals surface area contributed by atoms with Gasteiger partial charge in [0.1, 0.15) is 12.2 Å². The summed E-state index contributed by atoms with van der Waals surface area (Å²) in [6.45, 7) is 6.99. The zero-order valence-corrected chi connectivity index (χ0v) is 37.0. The number of nitrogens with one attached hydrogen (secondary N) is 2. The van der Waals surface area contributed by atoms with E-state index in [2.05, 4.69) is 34.5 Å². The summed E-state index contributed by atoms with van der Waals surface area (Å²) in [6.07, 6.45) is 6.29. The molecule has 2 aromatic carbocycles. The van der Waals surface area contributed by atoms with E-state index >= 15 is 0 Å². The minimum absolute atomic E-state index is 0.0912. The average molecular weight is 951 g/mol. The van der Waals surface area contributed by atoms with E-state index in [0.717, 1.165) is 75.6 Å². The highest BCUT2D eigenvalue weighted by Crippen LogP contribution is 2.68. The molecule has 10 rings (SSSR count). The number of ether oxygens (including phenoxy) is 4. The maximum atomic E-state index is 11.2. The van der Waals surface area contributed by atoms with E-state index in [1.807, 2.05) is 26.0 Å². The van der Waals surface area contributed by atoms with E-state index in [9.17, 15) is 64.5 Å². The molecule has 66 heavy (non-hydrogen) atoms. The molecule has 0 radical (unpaired) electrons. The standard InChI is InChI=1S/2C21H28N2O5.2BF4/c2*1-3-27-21-7-6-13(22-11-16(25)26)19-20(21)8-9-23(2)15(21)10-12-4-5-14(24)18(28-19)17(12)20;2*2-1(3,4)5/h2*4-5,13,15,19,22,24H,3,6-11H2,1-2H3,(H,25,26);;/q;;2*-1/t2*13-,15+,19-,20-,21+;;/m00../s1. The Labute approximate surface area is 376 Å². The summed E-state index contributed by atoms with van der Waals surface area (Å²) < 4.78 is 104. The average Bonchev–Trinajstić information content (AvgIpc) is 3.76. The van der Waals surface area contributed by atoms with Crippen molar-refractivity contribution in [3.63, 3.8) is 0 Å². The van der Waals surface area contributed by atoms with Gasteiger partial charge in [-0.25, -0.2) is 0 Å². The van der Waals surface area contributed by atoms with Crippen LogP contribution in [-0.2, 0) is 42.7 Å². The number of carbonyl (C=O) groups is 2. The van der Waals surface area contributed by atoms with Gasteiger partial charge in [0, 0.05) is 48.5 Å². The normalized spacial score (nSPS) is 34.1. The lowest BCUT2D eigenvalue weighted by atomic mass is 9.48. The van der Waals surface area contributed by atoms with Crippen LogP contribution in [0.1, 0.15) is 74.6 Å². The number of likely N-dealkylation sites (N-methyl/N-ethyl adjacent to an activating group) is 2. The second-order valence-electron chi connectivity index (χ2n) is 18.3. The highest BCUT2D eigenvalue weighted by atomic mass is 19.5. The van der Waals surface area contributed by atoms with Crippen molar-refractivity contribution in [2.75, 3.05) is 53.5 Å². The van der Waals surface area contributed by atoms with E-state index in [1.165, 1.54) is 11.1 Å². The number of benzene rings is 2. The quantitative estimate of drug-likeness (QED) is 0.136. The number of hydrogen-bond acceptors (Lipinski definition) is 12. The Hall–Kier alpha value is -4.09. The number of nitrogens with zero attached hydrogens (tertiary/aromatic N) is 2. The van der Waals surface area contributed by atoms with E-state index < -0.39 is 26.4 Å². The molecule has 0 unspecified atom stereocenters. The van der Waals surface area contributed by atoms with Crippen LogP contribution in [0.5, 0.6) is 23.0 Å². The molecule has 6 N–H and O–H groups in total. The third kappa shape index (κ3) is 8.34. The predicted molar refractivity (Wildman–Crippen MR) is 224 cm³/mol. The number of aliphatic carboxylic acids is 2. The summed E-state index contributed by atoms with van der Waals surface area (Å²) in [5.74, 6) is -0.243. The molecule has 2 saturated carbocycles. The number of halogens is 8. The second kappa shape index (κ2) is 18.1. The van der Waals surface area contributed by atoms with Gasteiger partial charge < -0.3 is 94.3 Å². The molecule has 2 spiro atoms. The van der Waals surface area contributed by atoms with Crippen LogP contribution in [0, 0.1) is 0 Å². The molecule has 2 aromatic rings. The Morgan fingerprint density at radius 1 is 0.667 bits per heavy atom. The van der Waals surface area contributed by atoms with E-state index in [0.29, 0.717) is 24.7 Å². The molecule has 10 atom stereocenters. The van der Waals surface area contributed by atoms with Crippen LogP contribution < -0.4 is 20.1 Å². The molecular weight excluding hydrogens is 894 g/mol. The zero-order chi connectivity index (χ0) is 48.4. The van der Waals surface area contributed by atoms with Gasteiger partial charge in [-0.15, -0.1) is 0 Å². The van der Waals surface area contributed by atoms with Gasteiger partial charge in [-0.2, -0.15) is 0 Å². The van der Waals surface area contributed by atoms with Crippen molar-refractivity contribution in [3.05, 3.63) is 46.5 Å². The monoisotopic (exact) mass is 950 g/mol. The largest absolute Gasteiger partial charge is 0.673 e. The minimum Gasteiger partial charge on any atom is -0.504 e. The fraction of sp³-hybridized carbons (Fsp3) is 0.667. The zero-order valence-electron chi connectivity index (χ0n) is 37.0. The summed E-state index contributed by atoms with van der Waals surface area (Å²) in [5, 5.41) is 45.9. The highest BCUT2D eigenvalue weighted by Gasteiger charge is 2.75. The van der Waals surface area contributed by atoms with Crippen molar-refractivity contribution in [1.82, 2.24) is 20.4 Å².